The molecule has 2 aliphatic rings. The summed E-state index contributed by atoms with van der Waals surface area (Å²) in [5.74, 6) is 0. The molecule has 6 aromatic carbocycles. The van der Waals surface area contributed by atoms with E-state index in [1.807, 2.05) is 18.2 Å². The van der Waals surface area contributed by atoms with Crippen molar-refractivity contribution in [2.75, 3.05) is 0 Å². The molecule has 2 aliphatic carbocycles. The molecule has 0 radical (unpaired) electrons. The molecule has 0 fully saturated rings. The Kier molecular flexibility index (Phi) is 18.6. The summed E-state index contributed by atoms with van der Waals surface area (Å²) in [7, 11) is 0. The van der Waals surface area contributed by atoms with Crippen LogP contribution in [0.4, 0.5) is 0 Å². The molecule has 1 heterocycles. The summed E-state index contributed by atoms with van der Waals surface area (Å²) >= 11 is 0. The second-order valence-corrected chi connectivity index (χ2v) is 18.0. The van der Waals surface area contributed by atoms with E-state index < -0.39 is 0 Å². The molecule has 0 atom stereocenters. The van der Waals surface area contributed by atoms with Crippen LogP contribution in [0.2, 0.25) is 0 Å². The first-order valence-electron chi connectivity index (χ1n) is 25.0. The zero-order valence-corrected chi connectivity index (χ0v) is 41.7. The van der Waals surface area contributed by atoms with Crippen LogP contribution >= 0.6 is 0 Å². The number of rotatable bonds is 10. The van der Waals surface area contributed by atoms with Crippen molar-refractivity contribution in [3.8, 4) is 27.9 Å². The van der Waals surface area contributed by atoms with Crippen molar-refractivity contribution in [3.63, 3.8) is 0 Å². The van der Waals surface area contributed by atoms with E-state index >= 15 is 0 Å². The Labute approximate surface area is 399 Å². The minimum Gasteiger partial charge on any atom is -0.309 e. The number of aromatic nitrogens is 1. The first-order valence-corrected chi connectivity index (χ1v) is 25.0. The van der Waals surface area contributed by atoms with Gasteiger partial charge in [0, 0.05) is 22.0 Å². The highest BCUT2D eigenvalue weighted by Crippen LogP contribution is 2.46. The number of aryl methyl sites for hydroxylation is 5. The molecule has 9 rings (SSSR count). The standard InChI is InChI=1S/C47H47N.C7H10.C7H8.C4H10/c1-6-8-18-36-21-13-15-23-41(36)44-33(4)25-31-43-46(44)42-30-24-34(5)45(39-22-14-12-17-32(39)3)47(42)48(43)38-28-26-37(27-29-38)40(16-7-2)35-19-10-9-11-20-35;2*1-7-5-3-2-4-6-7;1-3-4-2/h10,12-17,19-31H,6-9,11,18H2,1-5H3;3,5-6H,2,4H2,1H3;2-6H,1H3;3-4H2,1-2H3/b40-16+;;;. The molecule has 0 spiro atoms. The van der Waals surface area contributed by atoms with Crippen molar-refractivity contribution in [2.24, 2.45) is 0 Å². The second kappa shape index (κ2) is 24.9. The van der Waals surface area contributed by atoms with Crippen molar-refractivity contribution in [1.29, 1.82) is 0 Å². The van der Waals surface area contributed by atoms with E-state index in [1.165, 1.54) is 138 Å². The van der Waals surface area contributed by atoms with Crippen molar-refractivity contribution >= 4 is 27.4 Å². The van der Waals surface area contributed by atoms with Gasteiger partial charge >= 0.3 is 0 Å². The predicted octanol–water partition coefficient (Wildman–Crippen LogP) is 19.5. The Morgan fingerprint density at radius 1 is 0.545 bits per heavy atom. The van der Waals surface area contributed by atoms with Gasteiger partial charge in [-0.15, -0.1) is 0 Å². The van der Waals surface area contributed by atoms with Crippen molar-refractivity contribution < 1.29 is 0 Å². The number of hydrogen-bond acceptors (Lipinski definition) is 0. The minimum atomic E-state index is 1.01. The summed E-state index contributed by atoms with van der Waals surface area (Å²) in [5.41, 5.74) is 21.1. The Balaban J connectivity index is 0.000000333. The van der Waals surface area contributed by atoms with Gasteiger partial charge in [-0.25, -0.2) is 0 Å². The van der Waals surface area contributed by atoms with Gasteiger partial charge in [-0.1, -0.05) is 210 Å². The lowest BCUT2D eigenvalue weighted by Crippen LogP contribution is -1.99. The van der Waals surface area contributed by atoms with Crippen molar-refractivity contribution in [2.45, 2.75) is 127 Å². The number of hydrogen-bond donors (Lipinski definition) is 0. The van der Waals surface area contributed by atoms with Gasteiger partial charge in [0.2, 0.25) is 0 Å². The van der Waals surface area contributed by atoms with Crippen LogP contribution in [0.15, 0.2) is 181 Å². The molecule has 1 nitrogen and oxygen atoms in total. The van der Waals surface area contributed by atoms with Crippen LogP contribution in [0.5, 0.6) is 0 Å². The molecule has 7 aromatic rings. The topological polar surface area (TPSA) is 4.93 Å². The van der Waals surface area contributed by atoms with Gasteiger partial charge < -0.3 is 4.57 Å². The summed E-state index contributed by atoms with van der Waals surface area (Å²) in [6.07, 6.45) is 27.9. The van der Waals surface area contributed by atoms with Gasteiger partial charge in [-0.3, -0.25) is 0 Å². The van der Waals surface area contributed by atoms with Crippen LogP contribution < -0.4 is 0 Å². The summed E-state index contributed by atoms with van der Waals surface area (Å²) in [5, 5.41) is 2.66. The van der Waals surface area contributed by atoms with Gasteiger partial charge in [-0.2, -0.15) is 0 Å². The summed E-state index contributed by atoms with van der Waals surface area (Å²) < 4.78 is 2.55. The molecular weight excluding hydrogens is 795 g/mol. The van der Waals surface area contributed by atoms with E-state index in [0.717, 1.165) is 25.7 Å². The number of fused-ring (bicyclic) bond motifs is 3. The zero-order valence-electron chi connectivity index (χ0n) is 41.7. The lowest BCUT2D eigenvalue weighted by Gasteiger charge is -2.17. The average molecular weight is 870 g/mol. The number of unbranched alkanes of at least 4 members (excludes halogenated alkanes) is 2. The Bertz CT molecular complexity index is 2810. The molecule has 1 heteroatoms. The van der Waals surface area contributed by atoms with Crippen LogP contribution in [0.1, 0.15) is 126 Å². The fourth-order valence-corrected chi connectivity index (χ4v) is 9.05. The monoisotopic (exact) mass is 870 g/mol. The first kappa shape index (κ1) is 49.3. The fraction of sp³-hybridized carbons (Fsp3) is 0.292. The zero-order chi connectivity index (χ0) is 46.8. The summed E-state index contributed by atoms with van der Waals surface area (Å²) in [6, 6.07) is 46.9. The molecule has 340 valence electrons. The largest absolute Gasteiger partial charge is 0.309 e. The SMILES string of the molecule is CC/C=C(\C1=CCCC=C1)c1ccc(-n2c3ccc(C)c(-c4ccccc4CCCC)c3c3ccc(C)c(-c4ccccc4C)c32)cc1.CC1=CCCC=C1.CCCC.Cc1ccccc1. The third-order valence-electron chi connectivity index (χ3n) is 12.8. The molecule has 1 aromatic heterocycles. The summed E-state index contributed by atoms with van der Waals surface area (Å²) in [6.45, 7) is 19.9. The van der Waals surface area contributed by atoms with Crippen LogP contribution in [0.25, 0.3) is 55.3 Å². The Morgan fingerprint density at radius 3 is 1.76 bits per heavy atom. The molecule has 0 unspecified atom stereocenters. The highest BCUT2D eigenvalue weighted by molar-refractivity contribution is 6.20. The first-order chi connectivity index (χ1) is 32.2. The normalized spacial score (nSPS) is 13.2. The molecule has 0 amide bonds. The number of allylic oxidation sites excluding steroid dienone is 10. The molecule has 0 saturated heterocycles. The third kappa shape index (κ3) is 12.2. The lowest BCUT2D eigenvalue weighted by atomic mass is 9.89. The quantitative estimate of drug-likeness (QED) is 0.129. The van der Waals surface area contributed by atoms with Gasteiger partial charge in [0.05, 0.1) is 11.0 Å². The Hall–Kier alpha value is -6.18. The van der Waals surface area contributed by atoms with E-state index in [9.17, 15) is 0 Å². The summed E-state index contributed by atoms with van der Waals surface area (Å²) in [4.78, 5) is 0. The molecule has 66 heavy (non-hydrogen) atoms. The smallest absolute Gasteiger partial charge is 0.0622 e. The van der Waals surface area contributed by atoms with E-state index in [4.69, 9.17) is 0 Å². The molecule has 0 N–H and O–H groups in total. The van der Waals surface area contributed by atoms with E-state index in [2.05, 4.69) is 219 Å². The maximum absolute atomic E-state index is 2.55. The molecule has 0 bridgehead atoms. The molecular formula is C65H75N. The number of benzene rings is 6. The van der Waals surface area contributed by atoms with Crippen LogP contribution in [-0.4, -0.2) is 4.57 Å². The second-order valence-electron chi connectivity index (χ2n) is 18.0. The van der Waals surface area contributed by atoms with E-state index in [0.29, 0.717) is 0 Å². The van der Waals surface area contributed by atoms with Gasteiger partial charge in [0.15, 0.2) is 0 Å². The van der Waals surface area contributed by atoms with Crippen LogP contribution in [-0.2, 0) is 6.42 Å². The lowest BCUT2D eigenvalue weighted by molar-refractivity contribution is 0.796. The van der Waals surface area contributed by atoms with Crippen molar-refractivity contribution in [1.82, 2.24) is 4.57 Å². The average Bonchev–Trinajstić information content (AvgIpc) is 3.68. The van der Waals surface area contributed by atoms with Gasteiger partial charge in [-0.05, 0) is 153 Å². The minimum absolute atomic E-state index is 1.01. The maximum Gasteiger partial charge on any atom is 0.0622 e. The van der Waals surface area contributed by atoms with Crippen molar-refractivity contribution in [3.05, 3.63) is 214 Å². The van der Waals surface area contributed by atoms with Gasteiger partial charge in [0.25, 0.3) is 0 Å². The highest BCUT2D eigenvalue weighted by Gasteiger charge is 2.23. The fourth-order valence-electron chi connectivity index (χ4n) is 9.05. The van der Waals surface area contributed by atoms with Gasteiger partial charge in [0.1, 0.15) is 0 Å². The van der Waals surface area contributed by atoms with E-state index in [1.54, 1.807) is 0 Å². The number of nitrogens with zero attached hydrogens (tertiary/aromatic N) is 1. The van der Waals surface area contributed by atoms with Crippen LogP contribution in [0, 0.1) is 27.7 Å². The molecule has 0 aliphatic heterocycles. The van der Waals surface area contributed by atoms with Crippen LogP contribution in [0.3, 0.4) is 0 Å². The highest BCUT2D eigenvalue weighted by atomic mass is 15.0. The predicted molar refractivity (Wildman–Crippen MR) is 293 cm³/mol. The third-order valence-corrected chi connectivity index (χ3v) is 12.8. The maximum atomic E-state index is 2.55. The Morgan fingerprint density at radius 2 is 1.18 bits per heavy atom. The van der Waals surface area contributed by atoms with E-state index in [-0.39, 0.29) is 0 Å². The molecule has 0 saturated carbocycles.